The van der Waals surface area contributed by atoms with E-state index in [0.29, 0.717) is 0 Å². The summed E-state index contributed by atoms with van der Waals surface area (Å²) in [4.78, 5) is 9.41. The molecule has 2 heterocycles. The third kappa shape index (κ3) is 3.21. The van der Waals surface area contributed by atoms with Crippen LogP contribution in [0.4, 0.5) is 11.5 Å². The van der Waals surface area contributed by atoms with E-state index in [1.165, 1.54) is 16.8 Å². The number of hydrogen-bond acceptors (Lipinski definition) is 3. The highest BCUT2D eigenvalue weighted by Crippen LogP contribution is 2.23. The van der Waals surface area contributed by atoms with Gasteiger partial charge in [-0.3, -0.25) is 0 Å². The number of aryl methyl sites for hydroxylation is 1. The first-order chi connectivity index (χ1) is 10.3. The van der Waals surface area contributed by atoms with E-state index in [9.17, 15) is 0 Å². The molecule has 1 saturated heterocycles. The van der Waals surface area contributed by atoms with E-state index in [1.807, 2.05) is 12.3 Å². The van der Waals surface area contributed by atoms with Crippen LogP contribution in [0.2, 0.25) is 0 Å². The predicted octanol–water partition coefficient (Wildman–Crippen LogP) is 3.61. The minimum Gasteiger partial charge on any atom is -0.368 e. The Bertz CT molecular complexity index is 606. The van der Waals surface area contributed by atoms with Crippen LogP contribution < -0.4 is 9.80 Å². The van der Waals surface area contributed by atoms with Crippen molar-refractivity contribution >= 4 is 27.4 Å². The SMILES string of the molecule is Cc1cccc(N2CCN(c3ncccc3CBr)CC2)c1. The average molecular weight is 346 g/mol. The van der Waals surface area contributed by atoms with E-state index in [2.05, 4.69) is 68.0 Å². The van der Waals surface area contributed by atoms with Crippen LogP contribution in [0.15, 0.2) is 42.6 Å². The van der Waals surface area contributed by atoms with E-state index in [4.69, 9.17) is 0 Å². The monoisotopic (exact) mass is 345 g/mol. The third-order valence-corrected chi connectivity index (χ3v) is 4.56. The van der Waals surface area contributed by atoms with Gasteiger partial charge in [0.05, 0.1) is 0 Å². The second-order valence-electron chi connectivity index (χ2n) is 5.43. The Morgan fingerprint density at radius 2 is 1.81 bits per heavy atom. The van der Waals surface area contributed by atoms with Crippen molar-refractivity contribution in [1.82, 2.24) is 4.98 Å². The Balaban J connectivity index is 1.70. The Hall–Kier alpha value is -1.55. The Kier molecular flexibility index (Phi) is 4.44. The Morgan fingerprint density at radius 3 is 2.52 bits per heavy atom. The highest BCUT2D eigenvalue weighted by atomic mass is 79.9. The quantitative estimate of drug-likeness (QED) is 0.792. The number of pyridine rings is 1. The molecule has 1 aromatic carbocycles. The molecule has 2 aromatic rings. The van der Waals surface area contributed by atoms with Gasteiger partial charge in [0.25, 0.3) is 0 Å². The topological polar surface area (TPSA) is 19.4 Å². The van der Waals surface area contributed by atoms with Crippen LogP contribution in [0.5, 0.6) is 0 Å². The van der Waals surface area contributed by atoms with Gasteiger partial charge >= 0.3 is 0 Å². The van der Waals surface area contributed by atoms with Crippen LogP contribution in [0.25, 0.3) is 0 Å². The molecule has 0 saturated carbocycles. The third-order valence-electron chi connectivity index (χ3n) is 3.96. The van der Waals surface area contributed by atoms with Crippen LogP contribution in [0.3, 0.4) is 0 Å². The van der Waals surface area contributed by atoms with Crippen molar-refractivity contribution in [3.8, 4) is 0 Å². The van der Waals surface area contributed by atoms with Gasteiger partial charge in [0.2, 0.25) is 0 Å². The highest BCUT2D eigenvalue weighted by molar-refractivity contribution is 9.08. The number of halogens is 1. The van der Waals surface area contributed by atoms with Crippen molar-refractivity contribution < 1.29 is 0 Å². The van der Waals surface area contributed by atoms with E-state index in [1.54, 1.807) is 0 Å². The lowest BCUT2D eigenvalue weighted by molar-refractivity contribution is 0.646. The van der Waals surface area contributed by atoms with Crippen LogP contribution in [0, 0.1) is 6.92 Å². The van der Waals surface area contributed by atoms with Crippen LogP contribution >= 0.6 is 15.9 Å². The van der Waals surface area contributed by atoms with Gasteiger partial charge in [0.1, 0.15) is 5.82 Å². The van der Waals surface area contributed by atoms with Gasteiger partial charge in [-0.05, 0) is 30.7 Å². The summed E-state index contributed by atoms with van der Waals surface area (Å²) in [7, 11) is 0. The maximum absolute atomic E-state index is 4.56. The molecule has 0 unspecified atom stereocenters. The first-order valence-corrected chi connectivity index (χ1v) is 8.46. The van der Waals surface area contributed by atoms with Gasteiger partial charge in [-0.2, -0.15) is 0 Å². The van der Waals surface area contributed by atoms with Gasteiger partial charge in [0, 0.05) is 49.0 Å². The van der Waals surface area contributed by atoms with Crippen molar-refractivity contribution in [2.75, 3.05) is 36.0 Å². The van der Waals surface area contributed by atoms with Gasteiger partial charge < -0.3 is 9.80 Å². The molecular weight excluding hydrogens is 326 g/mol. The van der Waals surface area contributed by atoms with E-state index < -0.39 is 0 Å². The number of rotatable bonds is 3. The molecule has 0 amide bonds. The number of aromatic nitrogens is 1. The maximum atomic E-state index is 4.56. The molecule has 110 valence electrons. The zero-order valence-electron chi connectivity index (χ0n) is 12.3. The number of benzene rings is 1. The molecule has 0 atom stereocenters. The lowest BCUT2D eigenvalue weighted by Crippen LogP contribution is -2.47. The first-order valence-electron chi connectivity index (χ1n) is 7.34. The molecule has 0 bridgehead atoms. The minimum absolute atomic E-state index is 0.855. The van der Waals surface area contributed by atoms with Crippen LogP contribution in [0.1, 0.15) is 11.1 Å². The lowest BCUT2D eigenvalue weighted by Gasteiger charge is -2.37. The summed E-state index contributed by atoms with van der Waals surface area (Å²) in [6, 6.07) is 12.9. The summed E-state index contributed by atoms with van der Waals surface area (Å²) >= 11 is 3.55. The van der Waals surface area contributed by atoms with Crippen molar-refractivity contribution in [3.63, 3.8) is 0 Å². The minimum atomic E-state index is 0.855. The summed E-state index contributed by atoms with van der Waals surface area (Å²) in [5, 5.41) is 0.855. The zero-order chi connectivity index (χ0) is 14.7. The van der Waals surface area contributed by atoms with Crippen LogP contribution in [-0.4, -0.2) is 31.2 Å². The molecular formula is C17H20BrN3. The molecule has 1 fully saturated rings. The van der Waals surface area contributed by atoms with Gasteiger partial charge in [-0.25, -0.2) is 4.98 Å². The molecule has 21 heavy (non-hydrogen) atoms. The van der Waals surface area contributed by atoms with E-state index in [0.717, 1.165) is 37.3 Å². The number of anilines is 2. The second-order valence-corrected chi connectivity index (χ2v) is 5.99. The number of hydrogen-bond donors (Lipinski definition) is 0. The molecule has 0 N–H and O–H groups in total. The first kappa shape index (κ1) is 14.4. The number of piperazine rings is 1. The molecule has 0 aliphatic carbocycles. The van der Waals surface area contributed by atoms with E-state index in [-0.39, 0.29) is 0 Å². The largest absolute Gasteiger partial charge is 0.368 e. The predicted molar refractivity (Wildman–Crippen MR) is 92.5 cm³/mol. The van der Waals surface area contributed by atoms with Gasteiger partial charge in [-0.15, -0.1) is 0 Å². The molecule has 1 aliphatic rings. The summed E-state index contributed by atoms with van der Waals surface area (Å²) in [5.74, 6) is 1.12. The standard InChI is InChI=1S/C17H20BrN3/c1-14-4-2-6-16(12-14)20-8-10-21(11-9-20)17-15(13-18)5-3-7-19-17/h2-7,12H,8-11,13H2,1H3. The molecule has 0 spiro atoms. The zero-order valence-corrected chi connectivity index (χ0v) is 13.9. The second kappa shape index (κ2) is 6.48. The molecule has 1 aliphatic heterocycles. The lowest BCUT2D eigenvalue weighted by atomic mass is 10.2. The van der Waals surface area contributed by atoms with Crippen molar-refractivity contribution in [3.05, 3.63) is 53.7 Å². The molecule has 1 aromatic heterocycles. The summed E-state index contributed by atoms with van der Waals surface area (Å²) < 4.78 is 0. The van der Waals surface area contributed by atoms with E-state index >= 15 is 0 Å². The maximum Gasteiger partial charge on any atom is 0.132 e. The Morgan fingerprint density at radius 1 is 1.05 bits per heavy atom. The molecule has 4 heteroatoms. The fourth-order valence-corrected chi connectivity index (χ4v) is 3.26. The smallest absolute Gasteiger partial charge is 0.132 e. The fraction of sp³-hybridized carbons (Fsp3) is 0.353. The Labute approximate surface area is 134 Å². The van der Waals surface area contributed by atoms with Crippen molar-refractivity contribution in [2.45, 2.75) is 12.3 Å². The molecule has 0 radical (unpaired) electrons. The fourth-order valence-electron chi connectivity index (χ4n) is 2.82. The summed E-state index contributed by atoms with van der Waals surface area (Å²) in [6.45, 7) is 6.27. The van der Waals surface area contributed by atoms with Crippen molar-refractivity contribution in [2.24, 2.45) is 0 Å². The van der Waals surface area contributed by atoms with Gasteiger partial charge in [-0.1, -0.05) is 34.1 Å². The highest BCUT2D eigenvalue weighted by Gasteiger charge is 2.19. The van der Waals surface area contributed by atoms with Crippen LogP contribution in [-0.2, 0) is 5.33 Å². The summed E-state index contributed by atoms with van der Waals surface area (Å²) in [6.07, 6.45) is 1.88. The normalized spacial score (nSPS) is 15.3. The average Bonchev–Trinajstić information content (AvgIpc) is 2.55. The molecule has 3 nitrogen and oxygen atoms in total. The van der Waals surface area contributed by atoms with Gasteiger partial charge in [0.15, 0.2) is 0 Å². The summed E-state index contributed by atoms with van der Waals surface area (Å²) in [5.41, 5.74) is 3.92. The number of alkyl halides is 1. The number of nitrogens with zero attached hydrogens (tertiary/aromatic N) is 3. The van der Waals surface area contributed by atoms with Crippen molar-refractivity contribution in [1.29, 1.82) is 0 Å². The molecule has 3 rings (SSSR count).